The third-order valence-electron chi connectivity index (χ3n) is 3.14. The lowest BCUT2D eigenvalue weighted by molar-refractivity contribution is 0.143. The predicted octanol–water partition coefficient (Wildman–Crippen LogP) is 3.19. The molecule has 0 bridgehead atoms. The molecule has 0 spiro atoms. The Kier molecular flexibility index (Phi) is 4.13. The first kappa shape index (κ1) is 12.8. The fourth-order valence-corrected chi connectivity index (χ4v) is 2.86. The Morgan fingerprint density at radius 2 is 1.39 bits per heavy atom. The zero-order chi connectivity index (χ0) is 12.8. The van der Waals surface area contributed by atoms with Crippen molar-refractivity contribution in [2.45, 2.75) is 12.5 Å². The Bertz CT molecular complexity index is 454. The number of rotatable bonds is 5. The minimum absolute atomic E-state index is 0.372. The average Bonchev–Trinajstić information content (AvgIpc) is 2.46. The SMILES string of the molecule is C=C[SiH2]OC(C)(c1ccccc1)c1ccccc1. The highest BCUT2D eigenvalue weighted by atomic mass is 28.2. The zero-order valence-corrected chi connectivity index (χ0v) is 12.1. The van der Waals surface area contributed by atoms with Crippen LogP contribution in [0.5, 0.6) is 0 Å². The summed E-state index contributed by atoms with van der Waals surface area (Å²) in [6, 6.07) is 20.7. The van der Waals surface area contributed by atoms with Gasteiger partial charge in [0, 0.05) is 0 Å². The zero-order valence-electron chi connectivity index (χ0n) is 10.7. The molecule has 0 atom stereocenters. The van der Waals surface area contributed by atoms with Crippen LogP contribution in [0.3, 0.4) is 0 Å². The molecule has 0 aliphatic rings. The molecule has 2 aromatic rings. The highest BCUT2D eigenvalue weighted by Gasteiger charge is 2.28. The first-order valence-corrected chi connectivity index (χ1v) is 7.52. The van der Waals surface area contributed by atoms with Crippen LogP contribution in [0.15, 0.2) is 72.9 Å². The molecule has 0 radical (unpaired) electrons. The minimum atomic E-state index is -0.706. The summed E-state index contributed by atoms with van der Waals surface area (Å²) in [6.07, 6.45) is 0. The lowest BCUT2D eigenvalue weighted by Gasteiger charge is -2.31. The number of hydrogen-bond acceptors (Lipinski definition) is 1. The van der Waals surface area contributed by atoms with E-state index < -0.39 is 9.76 Å². The second-order valence-corrected chi connectivity index (χ2v) is 5.56. The summed E-state index contributed by atoms with van der Waals surface area (Å²) in [5.74, 6) is 0. The van der Waals surface area contributed by atoms with Gasteiger partial charge >= 0.3 is 0 Å². The molecule has 1 nitrogen and oxygen atoms in total. The first-order valence-electron chi connectivity index (χ1n) is 6.13. The van der Waals surface area contributed by atoms with Crippen LogP contribution in [0.2, 0.25) is 0 Å². The van der Waals surface area contributed by atoms with Crippen molar-refractivity contribution >= 4 is 9.76 Å². The molecule has 0 amide bonds. The standard InChI is InChI=1S/C16H18OSi/c1-3-18-17-16(2,14-10-6-4-7-11-14)15-12-8-5-9-13-15/h3-13H,1,18H2,2H3. The van der Waals surface area contributed by atoms with Gasteiger partial charge < -0.3 is 4.43 Å². The van der Waals surface area contributed by atoms with Crippen LogP contribution in [0.4, 0.5) is 0 Å². The van der Waals surface area contributed by atoms with Crippen molar-refractivity contribution < 1.29 is 4.43 Å². The maximum atomic E-state index is 6.17. The van der Waals surface area contributed by atoms with Crippen LogP contribution in [0, 0.1) is 0 Å². The van der Waals surface area contributed by atoms with Crippen molar-refractivity contribution in [3.8, 4) is 0 Å². The molecule has 0 saturated heterocycles. The van der Waals surface area contributed by atoms with Crippen molar-refractivity contribution in [1.82, 2.24) is 0 Å². The first-order chi connectivity index (χ1) is 8.77. The van der Waals surface area contributed by atoms with Gasteiger partial charge in [-0.15, -0.1) is 6.58 Å². The number of benzene rings is 2. The number of hydrogen-bond donors (Lipinski definition) is 0. The maximum absolute atomic E-state index is 6.17. The van der Waals surface area contributed by atoms with Crippen LogP contribution < -0.4 is 0 Å². The Morgan fingerprint density at radius 3 is 1.78 bits per heavy atom. The quantitative estimate of drug-likeness (QED) is 0.745. The van der Waals surface area contributed by atoms with Crippen LogP contribution in [0.1, 0.15) is 18.1 Å². The molecule has 2 rings (SSSR count). The molecule has 0 aliphatic carbocycles. The van der Waals surface area contributed by atoms with Crippen LogP contribution in [-0.2, 0) is 10.0 Å². The third-order valence-corrected chi connectivity index (χ3v) is 4.12. The van der Waals surface area contributed by atoms with E-state index >= 15 is 0 Å². The molecule has 0 heterocycles. The van der Waals surface area contributed by atoms with E-state index in [0.29, 0.717) is 0 Å². The monoisotopic (exact) mass is 254 g/mol. The highest BCUT2D eigenvalue weighted by molar-refractivity contribution is 6.34. The van der Waals surface area contributed by atoms with Gasteiger partial charge in [0.05, 0.1) is 0 Å². The molecule has 0 unspecified atom stereocenters. The lowest BCUT2D eigenvalue weighted by atomic mass is 9.88. The highest BCUT2D eigenvalue weighted by Crippen LogP contribution is 2.32. The fourth-order valence-electron chi connectivity index (χ4n) is 2.07. The Hall–Kier alpha value is -1.64. The fraction of sp³-hybridized carbons (Fsp3) is 0.125. The van der Waals surface area contributed by atoms with Gasteiger partial charge in [-0.1, -0.05) is 66.4 Å². The smallest absolute Gasteiger partial charge is 0.186 e. The normalized spacial score (nSPS) is 11.8. The van der Waals surface area contributed by atoms with Gasteiger partial charge in [-0.3, -0.25) is 0 Å². The summed E-state index contributed by atoms with van der Waals surface area (Å²) in [7, 11) is -0.706. The molecule has 92 valence electrons. The van der Waals surface area contributed by atoms with Gasteiger partial charge in [0.2, 0.25) is 0 Å². The summed E-state index contributed by atoms with van der Waals surface area (Å²) in [6.45, 7) is 5.92. The average molecular weight is 254 g/mol. The third kappa shape index (κ3) is 2.60. The summed E-state index contributed by atoms with van der Waals surface area (Å²) in [4.78, 5) is 0. The minimum Gasteiger partial charge on any atom is -0.406 e. The van der Waals surface area contributed by atoms with E-state index in [1.165, 1.54) is 11.1 Å². The van der Waals surface area contributed by atoms with Gasteiger partial charge in [0.15, 0.2) is 9.76 Å². The van der Waals surface area contributed by atoms with E-state index in [-0.39, 0.29) is 5.60 Å². The van der Waals surface area contributed by atoms with Crippen molar-refractivity contribution in [2.24, 2.45) is 0 Å². The van der Waals surface area contributed by atoms with E-state index in [9.17, 15) is 0 Å². The topological polar surface area (TPSA) is 9.23 Å². The maximum Gasteiger partial charge on any atom is 0.186 e. The van der Waals surface area contributed by atoms with Crippen molar-refractivity contribution in [1.29, 1.82) is 0 Å². The van der Waals surface area contributed by atoms with E-state index in [2.05, 4.69) is 62.0 Å². The predicted molar refractivity (Wildman–Crippen MR) is 79.2 cm³/mol. The molecular formula is C16H18OSi. The molecule has 0 saturated carbocycles. The summed E-state index contributed by atoms with van der Waals surface area (Å²) < 4.78 is 6.17. The van der Waals surface area contributed by atoms with Crippen molar-refractivity contribution in [3.05, 3.63) is 84.1 Å². The van der Waals surface area contributed by atoms with Crippen LogP contribution in [0.25, 0.3) is 0 Å². The molecule has 0 N–H and O–H groups in total. The van der Waals surface area contributed by atoms with Crippen molar-refractivity contribution in [3.63, 3.8) is 0 Å². The van der Waals surface area contributed by atoms with Gasteiger partial charge in [-0.05, 0) is 18.1 Å². The Labute approximate surface area is 111 Å². The summed E-state index contributed by atoms with van der Waals surface area (Å²) in [5.41, 5.74) is 3.92. The lowest BCUT2D eigenvalue weighted by Crippen LogP contribution is -2.28. The Morgan fingerprint density at radius 1 is 0.944 bits per heavy atom. The van der Waals surface area contributed by atoms with E-state index in [4.69, 9.17) is 4.43 Å². The molecule has 0 aliphatic heterocycles. The second kappa shape index (κ2) is 5.80. The van der Waals surface area contributed by atoms with Gasteiger partial charge in [0.1, 0.15) is 5.60 Å². The largest absolute Gasteiger partial charge is 0.406 e. The van der Waals surface area contributed by atoms with E-state index in [1.54, 1.807) is 0 Å². The molecule has 18 heavy (non-hydrogen) atoms. The molecule has 0 fully saturated rings. The molecule has 2 heteroatoms. The van der Waals surface area contributed by atoms with Gasteiger partial charge in [-0.25, -0.2) is 0 Å². The van der Waals surface area contributed by atoms with Crippen LogP contribution >= 0.6 is 0 Å². The summed E-state index contributed by atoms with van der Waals surface area (Å²) >= 11 is 0. The summed E-state index contributed by atoms with van der Waals surface area (Å²) in [5, 5.41) is 0. The van der Waals surface area contributed by atoms with E-state index in [1.807, 2.05) is 17.8 Å². The van der Waals surface area contributed by atoms with Crippen LogP contribution in [-0.4, -0.2) is 9.76 Å². The molecule has 0 aromatic heterocycles. The van der Waals surface area contributed by atoms with Crippen molar-refractivity contribution in [2.75, 3.05) is 0 Å². The van der Waals surface area contributed by atoms with Gasteiger partial charge in [0.25, 0.3) is 0 Å². The Balaban J connectivity index is 2.44. The van der Waals surface area contributed by atoms with Gasteiger partial charge in [-0.2, -0.15) is 0 Å². The molecule has 2 aromatic carbocycles. The molecular weight excluding hydrogens is 236 g/mol. The second-order valence-electron chi connectivity index (χ2n) is 4.36. The van der Waals surface area contributed by atoms with E-state index in [0.717, 1.165) is 0 Å².